The van der Waals surface area contributed by atoms with E-state index in [1.54, 1.807) is 18.2 Å². The van der Waals surface area contributed by atoms with Crippen molar-refractivity contribution in [1.82, 2.24) is 10.2 Å². The second-order valence-corrected chi connectivity index (χ2v) is 17.2. The molecule has 4 fully saturated rings. The SMILES string of the molecule is CC[C@@H](C(=O)NC(C)(C)C)N(Cc1ccc(Cl)c(Cl)c1)C(=O)CN(c1ccc(C23CC4CC(CC(C4)C2)C3)cc1)S(C)(=O)=O. The molecule has 240 valence electrons. The number of sulfonamides is 1. The Morgan fingerprint density at radius 1 is 0.955 bits per heavy atom. The highest BCUT2D eigenvalue weighted by Gasteiger charge is 2.51. The van der Waals surface area contributed by atoms with Crippen LogP contribution in [0.4, 0.5) is 5.69 Å². The van der Waals surface area contributed by atoms with E-state index in [2.05, 4.69) is 17.4 Å². The first-order valence-electron chi connectivity index (χ1n) is 15.7. The average molecular weight is 663 g/mol. The third kappa shape index (κ3) is 7.23. The third-order valence-corrected chi connectivity index (χ3v) is 11.6. The molecule has 1 N–H and O–H groups in total. The molecular formula is C34H45Cl2N3O4S. The lowest BCUT2D eigenvalue weighted by molar-refractivity contribution is -0.141. The molecule has 4 aliphatic rings. The second kappa shape index (κ2) is 12.5. The highest BCUT2D eigenvalue weighted by Crippen LogP contribution is 2.60. The van der Waals surface area contributed by atoms with Crippen molar-refractivity contribution < 1.29 is 18.0 Å². The van der Waals surface area contributed by atoms with Gasteiger partial charge in [0.1, 0.15) is 12.6 Å². The minimum atomic E-state index is -3.82. The van der Waals surface area contributed by atoms with E-state index in [1.165, 1.54) is 49.0 Å². The van der Waals surface area contributed by atoms with Gasteiger partial charge in [-0.15, -0.1) is 0 Å². The quantitative estimate of drug-likeness (QED) is 0.299. The Morgan fingerprint density at radius 3 is 2.00 bits per heavy atom. The topological polar surface area (TPSA) is 86.8 Å². The number of carbonyl (C=O) groups excluding carboxylic acids is 2. The van der Waals surface area contributed by atoms with Gasteiger partial charge in [0, 0.05) is 12.1 Å². The molecule has 1 atom stereocenters. The zero-order valence-corrected chi connectivity index (χ0v) is 28.7. The van der Waals surface area contributed by atoms with Crippen molar-refractivity contribution in [3.63, 3.8) is 0 Å². The highest BCUT2D eigenvalue weighted by molar-refractivity contribution is 7.92. The maximum atomic E-state index is 14.1. The van der Waals surface area contributed by atoms with Crippen molar-refractivity contribution in [1.29, 1.82) is 0 Å². The minimum Gasteiger partial charge on any atom is -0.350 e. The molecule has 2 aromatic rings. The van der Waals surface area contributed by atoms with E-state index in [1.807, 2.05) is 39.8 Å². The fourth-order valence-corrected chi connectivity index (χ4v) is 9.44. The molecule has 0 unspecified atom stereocenters. The fourth-order valence-electron chi connectivity index (χ4n) is 8.27. The maximum Gasteiger partial charge on any atom is 0.244 e. The lowest BCUT2D eigenvalue weighted by atomic mass is 9.48. The van der Waals surface area contributed by atoms with Crippen molar-refractivity contribution in [3.8, 4) is 0 Å². The van der Waals surface area contributed by atoms with Gasteiger partial charge in [-0.05, 0) is 124 Å². The molecule has 10 heteroatoms. The van der Waals surface area contributed by atoms with E-state index in [-0.39, 0.29) is 17.9 Å². The van der Waals surface area contributed by atoms with Gasteiger partial charge in [0.15, 0.2) is 0 Å². The van der Waals surface area contributed by atoms with E-state index in [0.29, 0.717) is 27.7 Å². The number of hydrogen-bond acceptors (Lipinski definition) is 4. The van der Waals surface area contributed by atoms with E-state index in [4.69, 9.17) is 23.2 Å². The Balaban J connectivity index is 1.42. The van der Waals surface area contributed by atoms with Gasteiger partial charge in [-0.1, -0.05) is 48.3 Å². The van der Waals surface area contributed by atoms with Crippen LogP contribution in [-0.4, -0.2) is 49.5 Å². The van der Waals surface area contributed by atoms with Crippen LogP contribution in [0.5, 0.6) is 0 Å². The van der Waals surface area contributed by atoms with Crippen LogP contribution in [-0.2, 0) is 31.6 Å². The number of hydrogen-bond donors (Lipinski definition) is 1. The Kier molecular flexibility index (Phi) is 9.39. The molecule has 4 saturated carbocycles. The van der Waals surface area contributed by atoms with Crippen LogP contribution in [0.1, 0.15) is 83.8 Å². The smallest absolute Gasteiger partial charge is 0.244 e. The summed E-state index contributed by atoms with van der Waals surface area (Å²) in [5, 5.41) is 3.69. The van der Waals surface area contributed by atoms with E-state index < -0.39 is 34.1 Å². The van der Waals surface area contributed by atoms with Gasteiger partial charge in [-0.3, -0.25) is 13.9 Å². The van der Waals surface area contributed by atoms with Crippen LogP contribution < -0.4 is 9.62 Å². The monoisotopic (exact) mass is 661 g/mol. The predicted molar refractivity (Wildman–Crippen MR) is 177 cm³/mol. The number of halogens is 2. The highest BCUT2D eigenvalue weighted by atomic mass is 35.5. The first kappa shape index (κ1) is 33.1. The first-order valence-corrected chi connectivity index (χ1v) is 18.3. The number of carbonyl (C=O) groups is 2. The molecule has 2 amide bonds. The molecule has 44 heavy (non-hydrogen) atoms. The van der Waals surface area contributed by atoms with Crippen LogP contribution in [0.3, 0.4) is 0 Å². The van der Waals surface area contributed by atoms with Gasteiger partial charge in [-0.2, -0.15) is 0 Å². The van der Waals surface area contributed by atoms with Crippen LogP contribution in [0.15, 0.2) is 42.5 Å². The zero-order chi connectivity index (χ0) is 32.0. The molecule has 0 spiro atoms. The minimum absolute atomic E-state index is 0.0638. The van der Waals surface area contributed by atoms with Crippen LogP contribution in [0.2, 0.25) is 10.0 Å². The number of anilines is 1. The summed E-state index contributed by atoms with van der Waals surface area (Å²) in [6.45, 7) is 7.09. The Labute approximate surface area is 272 Å². The Morgan fingerprint density at radius 2 is 1.52 bits per heavy atom. The molecule has 7 nitrogen and oxygen atoms in total. The average Bonchev–Trinajstić information content (AvgIpc) is 2.91. The molecule has 4 bridgehead atoms. The summed E-state index contributed by atoms with van der Waals surface area (Å²) in [4.78, 5) is 28.9. The molecule has 0 heterocycles. The standard InChI is InChI=1S/C34H45Cl2N3O4S/c1-6-30(32(41)37-33(2,3)4)38(20-22-7-12-28(35)29(36)16-22)31(40)21-39(44(5,42)43)27-10-8-26(9-11-27)34-17-23-13-24(18-34)15-25(14-23)19-34/h7-12,16,23-25,30H,6,13-15,17-21H2,1-5H3,(H,37,41)/t23?,24?,25?,30-,34?/m0/s1. The second-order valence-electron chi connectivity index (χ2n) is 14.4. The summed E-state index contributed by atoms with van der Waals surface area (Å²) in [7, 11) is -3.82. The van der Waals surface area contributed by atoms with E-state index in [0.717, 1.165) is 28.3 Å². The van der Waals surface area contributed by atoms with Crippen LogP contribution >= 0.6 is 23.2 Å². The van der Waals surface area contributed by atoms with Gasteiger partial charge in [0.05, 0.1) is 22.0 Å². The van der Waals surface area contributed by atoms with Crippen LogP contribution in [0.25, 0.3) is 0 Å². The summed E-state index contributed by atoms with van der Waals surface area (Å²) < 4.78 is 27.4. The van der Waals surface area contributed by atoms with Crippen molar-refractivity contribution in [2.24, 2.45) is 17.8 Å². The number of benzene rings is 2. The van der Waals surface area contributed by atoms with Gasteiger partial charge < -0.3 is 10.2 Å². The molecule has 0 aromatic heterocycles. The van der Waals surface area contributed by atoms with Crippen molar-refractivity contribution in [3.05, 3.63) is 63.6 Å². The van der Waals surface area contributed by atoms with Crippen LogP contribution in [0, 0.1) is 17.8 Å². The Bertz CT molecular complexity index is 1470. The molecule has 4 aliphatic carbocycles. The summed E-state index contributed by atoms with van der Waals surface area (Å²) in [6.07, 6.45) is 9.15. The Hall–Kier alpha value is -2.29. The van der Waals surface area contributed by atoms with E-state index in [9.17, 15) is 18.0 Å². The summed E-state index contributed by atoms with van der Waals surface area (Å²) >= 11 is 12.4. The molecule has 0 saturated heterocycles. The molecule has 2 aromatic carbocycles. The largest absolute Gasteiger partial charge is 0.350 e. The lowest BCUT2D eigenvalue weighted by Gasteiger charge is -2.57. The van der Waals surface area contributed by atoms with Crippen molar-refractivity contribution in [2.75, 3.05) is 17.1 Å². The normalized spacial score (nSPS) is 25.0. The first-order chi connectivity index (χ1) is 20.6. The number of nitrogens with zero attached hydrogens (tertiary/aromatic N) is 2. The van der Waals surface area contributed by atoms with E-state index >= 15 is 0 Å². The summed E-state index contributed by atoms with van der Waals surface area (Å²) in [5.74, 6) is 1.61. The van der Waals surface area contributed by atoms with Crippen molar-refractivity contribution in [2.45, 2.75) is 96.2 Å². The summed E-state index contributed by atoms with van der Waals surface area (Å²) in [6, 6.07) is 12.1. The zero-order valence-electron chi connectivity index (χ0n) is 26.4. The van der Waals surface area contributed by atoms with Gasteiger partial charge in [0.2, 0.25) is 21.8 Å². The predicted octanol–water partition coefficient (Wildman–Crippen LogP) is 6.95. The number of rotatable bonds is 10. The van der Waals surface area contributed by atoms with Gasteiger partial charge in [-0.25, -0.2) is 8.42 Å². The fraction of sp³-hybridized carbons (Fsp3) is 0.588. The maximum absolute atomic E-state index is 14.1. The third-order valence-electron chi connectivity index (χ3n) is 9.71. The van der Waals surface area contributed by atoms with Gasteiger partial charge in [0.25, 0.3) is 0 Å². The van der Waals surface area contributed by atoms with Gasteiger partial charge >= 0.3 is 0 Å². The van der Waals surface area contributed by atoms with Crippen molar-refractivity contribution >= 4 is 50.7 Å². The number of amides is 2. The molecular weight excluding hydrogens is 617 g/mol. The molecule has 6 rings (SSSR count). The number of nitrogens with one attached hydrogen (secondary N) is 1. The lowest BCUT2D eigenvalue weighted by Crippen LogP contribution is -2.55. The molecule has 0 radical (unpaired) electrons. The summed E-state index contributed by atoms with van der Waals surface area (Å²) in [5.41, 5.74) is 2.08. The molecule has 0 aliphatic heterocycles.